The first kappa shape index (κ1) is 13.0. The van der Waals surface area contributed by atoms with Gasteiger partial charge in [0.05, 0.1) is 17.7 Å². The fraction of sp³-hybridized carbons (Fsp3) is 0.154. The largest absolute Gasteiger partial charge is 0.394 e. The zero-order valence-electron chi connectivity index (χ0n) is 9.48. The average Bonchev–Trinajstić information content (AvgIpc) is 2.39. The molecule has 1 heterocycles. The minimum atomic E-state index is -0.521. The van der Waals surface area contributed by atoms with Crippen molar-refractivity contribution in [2.24, 2.45) is 5.73 Å². The highest BCUT2D eigenvalue weighted by Crippen LogP contribution is 2.30. The number of aliphatic hydroxyl groups excluding tert-OH is 1. The van der Waals surface area contributed by atoms with Crippen LogP contribution in [0.5, 0.6) is 0 Å². The molecule has 94 valence electrons. The maximum absolute atomic E-state index is 13.7. The van der Waals surface area contributed by atoms with Crippen molar-refractivity contribution in [3.63, 3.8) is 0 Å². The van der Waals surface area contributed by atoms with Crippen molar-refractivity contribution in [1.82, 2.24) is 4.98 Å². The molecule has 1 atom stereocenters. The molecule has 0 saturated heterocycles. The highest BCUT2D eigenvalue weighted by Gasteiger charge is 2.13. The predicted molar refractivity (Wildman–Crippen MR) is 68.7 cm³/mol. The standard InChI is InChI=1S/C13H12ClFN2O/c14-10-4-3-8(12(16)7-18)6-9(10)13-11(15)2-1-5-17-13/h1-6,12,18H,7,16H2. The van der Waals surface area contributed by atoms with Gasteiger partial charge in [-0.25, -0.2) is 4.39 Å². The number of aromatic nitrogens is 1. The molecule has 3 N–H and O–H groups in total. The van der Waals surface area contributed by atoms with Gasteiger partial charge < -0.3 is 10.8 Å². The number of benzene rings is 1. The van der Waals surface area contributed by atoms with Crippen LogP contribution in [-0.2, 0) is 0 Å². The zero-order valence-corrected chi connectivity index (χ0v) is 10.2. The first-order valence-electron chi connectivity index (χ1n) is 5.40. The molecule has 0 spiro atoms. The molecular formula is C13H12ClFN2O. The minimum absolute atomic E-state index is 0.175. The van der Waals surface area contributed by atoms with Crippen LogP contribution < -0.4 is 5.73 Å². The molecule has 0 radical (unpaired) electrons. The smallest absolute Gasteiger partial charge is 0.149 e. The van der Waals surface area contributed by atoms with E-state index in [9.17, 15) is 4.39 Å². The van der Waals surface area contributed by atoms with Gasteiger partial charge in [-0.05, 0) is 29.8 Å². The molecule has 2 aromatic rings. The number of hydrogen-bond acceptors (Lipinski definition) is 3. The van der Waals surface area contributed by atoms with Crippen LogP contribution in [0.4, 0.5) is 4.39 Å². The van der Waals surface area contributed by atoms with Gasteiger partial charge in [-0.2, -0.15) is 0 Å². The monoisotopic (exact) mass is 266 g/mol. The zero-order chi connectivity index (χ0) is 13.1. The van der Waals surface area contributed by atoms with Crippen LogP contribution in [0.2, 0.25) is 5.02 Å². The maximum atomic E-state index is 13.7. The van der Waals surface area contributed by atoms with Gasteiger partial charge in [0.15, 0.2) is 0 Å². The Bertz CT molecular complexity index is 562. The van der Waals surface area contributed by atoms with E-state index in [0.29, 0.717) is 16.1 Å². The van der Waals surface area contributed by atoms with E-state index in [4.69, 9.17) is 22.4 Å². The van der Waals surface area contributed by atoms with Gasteiger partial charge >= 0.3 is 0 Å². The van der Waals surface area contributed by atoms with Gasteiger partial charge in [-0.15, -0.1) is 0 Å². The topological polar surface area (TPSA) is 59.1 Å². The summed E-state index contributed by atoms with van der Waals surface area (Å²) in [5.41, 5.74) is 7.05. The van der Waals surface area contributed by atoms with Crippen molar-refractivity contribution in [1.29, 1.82) is 0 Å². The van der Waals surface area contributed by atoms with E-state index in [0.717, 1.165) is 0 Å². The molecule has 1 aromatic carbocycles. The van der Waals surface area contributed by atoms with E-state index < -0.39 is 11.9 Å². The fourth-order valence-corrected chi connectivity index (χ4v) is 1.85. The second-order valence-electron chi connectivity index (χ2n) is 3.86. The molecule has 2 rings (SSSR count). The molecule has 18 heavy (non-hydrogen) atoms. The molecular weight excluding hydrogens is 255 g/mol. The quantitative estimate of drug-likeness (QED) is 0.898. The van der Waals surface area contributed by atoms with Crippen molar-refractivity contribution < 1.29 is 9.50 Å². The molecule has 1 unspecified atom stereocenters. The van der Waals surface area contributed by atoms with Gasteiger partial charge in [0, 0.05) is 11.8 Å². The Morgan fingerprint density at radius 3 is 2.83 bits per heavy atom. The average molecular weight is 267 g/mol. The number of rotatable bonds is 3. The molecule has 0 fully saturated rings. The minimum Gasteiger partial charge on any atom is -0.394 e. The first-order chi connectivity index (χ1) is 8.63. The number of nitrogens with two attached hydrogens (primary N) is 1. The van der Waals surface area contributed by atoms with Crippen molar-refractivity contribution in [2.75, 3.05) is 6.61 Å². The molecule has 5 heteroatoms. The highest BCUT2D eigenvalue weighted by atomic mass is 35.5. The van der Waals surface area contributed by atoms with Crippen molar-refractivity contribution >= 4 is 11.6 Å². The summed E-state index contributed by atoms with van der Waals surface area (Å²) in [7, 11) is 0. The second kappa shape index (κ2) is 5.44. The number of pyridine rings is 1. The van der Waals surface area contributed by atoms with E-state index >= 15 is 0 Å². The lowest BCUT2D eigenvalue weighted by Gasteiger charge is -2.12. The number of nitrogens with zero attached hydrogens (tertiary/aromatic N) is 1. The third-order valence-electron chi connectivity index (χ3n) is 2.63. The van der Waals surface area contributed by atoms with Crippen LogP contribution in [0.1, 0.15) is 11.6 Å². The van der Waals surface area contributed by atoms with Crippen LogP contribution in [0.25, 0.3) is 11.3 Å². The maximum Gasteiger partial charge on any atom is 0.149 e. The van der Waals surface area contributed by atoms with E-state index in [1.807, 2.05) is 0 Å². The normalized spacial score (nSPS) is 12.4. The predicted octanol–water partition coefficient (Wildman–Crippen LogP) is 2.53. The molecule has 0 amide bonds. The van der Waals surface area contributed by atoms with Gasteiger partial charge in [0.2, 0.25) is 0 Å². The third-order valence-corrected chi connectivity index (χ3v) is 2.96. The third kappa shape index (κ3) is 2.51. The second-order valence-corrected chi connectivity index (χ2v) is 4.27. The number of hydrogen-bond donors (Lipinski definition) is 2. The van der Waals surface area contributed by atoms with Gasteiger partial charge in [0.1, 0.15) is 11.5 Å². The first-order valence-corrected chi connectivity index (χ1v) is 5.78. The molecule has 1 aromatic heterocycles. The number of aliphatic hydroxyl groups is 1. The molecule has 3 nitrogen and oxygen atoms in total. The number of halogens is 2. The van der Waals surface area contributed by atoms with Crippen molar-refractivity contribution in [3.05, 3.63) is 52.9 Å². The summed E-state index contributed by atoms with van der Waals surface area (Å²) in [6.07, 6.45) is 1.49. The van der Waals surface area contributed by atoms with Crippen molar-refractivity contribution in [3.8, 4) is 11.3 Å². The Labute approximate surface area is 109 Å². The van der Waals surface area contributed by atoms with Crippen LogP contribution in [-0.4, -0.2) is 16.7 Å². The summed E-state index contributed by atoms with van der Waals surface area (Å²) in [6, 6.07) is 7.28. The van der Waals surface area contributed by atoms with Crippen LogP contribution in [0.15, 0.2) is 36.5 Å². The summed E-state index contributed by atoms with van der Waals surface area (Å²) in [4.78, 5) is 3.97. The Kier molecular flexibility index (Phi) is 3.91. The van der Waals surface area contributed by atoms with Crippen LogP contribution >= 0.6 is 11.6 Å². The van der Waals surface area contributed by atoms with E-state index in [1.165, 1.54) is 18.3 Å². The molecule has 0 aliphatic heterocycles. The summed E-state index contributed by atoms with van der Waals surface area (Å²) >= 11 is 6.04. The molecule has 0 aliphatic rings. The van der Waals surface area contributed by atoms with E-state index in [2.05, 4.69) is 4.98 Å². The summed E-state index contributed by atoms with van der Waals surface area (Å²) in [5, 5.41) is 9.42. The van der Waals surface area contributed by atoms with E-state index in [-0.39, 0.29) is 12.3 Å². The van der Waals surface area contributed by atoms with E-state index in [1.54, 1.807) is 18.2 Å². The van der Waals surface area contributed by atoms with Gasteiger partial charge in [0.25, 0.3) is 0 Å². The van der Waals surface area contributed by atoms with Gasteiger partial charge in [-0.1, -0.05) is 17.7 Å². The molecule has 0 saturated carbocycles. The van der Waals surface area contributed by atoms with Gasteiger partial charge in [-0.3, -0.25) is 4.98 Å². The lowest BCUT2D eigenvalue weighted by molar-refractivity contribution is 0.268. The summed E-state index contributed by atoms with van der Waals surface area (Å²) in [5.74, 6) is -0.450. The Morgan fingerprint density at radius 1 is 1.39 bits per heavy atom. The van der Waals surface area contributed by atoms with Crippen LogP contribution in [0.3, 0.4) is 0 Å². The highest BCUT2D eigenvalue weighted by molar-refractivity contribution is 6.33. The Morgan fingerprint density at radius 2 is 2.17 bits per heavy atom. The SMILES string of the molecule is NC(CO)c1ccc(Cl)c(-c2ncccc2F)c1. The van der Waals surface area contributed by atoms with Crippen molar-refractivity contribution in [2.45, 2.75) is 6.04 Å². The summed E-state index contributed by atoms with van der Waals surface area (Å²) in [6.45, 7) is -0.189. The Hall–Kier alpha value is -1.49. The summed E-state index contributed by atoms with van der Waals surface area (Å²) < 4.78 is 13.7. The lowest BCUT2D eigenvalue weighted by atomic mass is 10.0. The molecule has 0 aliphatic carbocycles. The fourth-order valence-electron chi connectivity index (χ4n) is 1.64. The molecule has 0 bridgehead atoms. The van der Waals surface area contributed by atoms with Crippen LogP contribution in [0, 0.1) is 5.82 Å². The lowest BCUT2D eigenvalue weighted by Crippen LogP contribution is -2.14. The Balaban J connectivity index is 2.54.